The van der Waals surface area contributed by atoms with Crippen LogP contribution in [0, 0.1) is 0 Å². The standard InChI is InChI=1S/C16H14N4S/c17-15(20-18)12-6-8-13(9-7-12)16-19-14(10-21-16)11-4-2-1-3-5-11/h1-10H,18H2,(H2,17,20). The summed E-state index contributed by atoms with van der Waals surface area (Å²) in [6, 6.07) is 17.9. The monoisotopic (exact) mass is 294 g/mol. The molecule has 1 heterocycles. The topological polar surface area (TPSA) is 77.3 Å². The van der Waals surface area contributed by atoms with Gasteiger partial charge in [-0.25, -0.2) is 4.98 Å². The minimum Gasteiger partial charge on any atom is -0.382 e. The highest BCUT2D eigenvalue weighted by Crippen LogP contribution is 2.28. The Morgan fingerprint density at radius 3 is 2.33 bits per heavy atom. The Hall–Kier alpha value is -2.66. The van der Waals surface area contributed by atoms with Gasteiger partial charge >= 0.3 is 0 Å². The predicted octanol–water partition coefficient (Wildman–Crippen LogP) is 3.06. The van der Waals surface area contributed by atoms with E-state index in [1.165, 1.54) is 0 Å². The Balaban J connectivity index is 1.90. The second-order valence-electron chi connectivity index (χ2n) is 4.50. The number of hydrazone groups is 1. The maximum Gasteiger partial charge on any atom is 0.150 e. The van der Waals surface area contributed by atoms with E-state index >= 15 is 0 Å². The summed E-state index contributed by atoms with van der Waals surface area (Å²) in [5, 5.41) is 6.53. The van der Waals surface area contributed by atoms with E-state index < -0.39 is 0 Å². The molecule has 0 saturated carbocycles. The molecule has 0 aliphatic carbocycles. The van der Waals surface area contributed by atoms with Crippen molar-refractivity contribution in [3.63, 3.8) is 0 Å². The maximum atomic E-state index is 5.68. The summed E-state index contributed by atoms with van der Waals surface area (Å²) in [5.74, 6) is 5.50. The van der Waals surface area contributed by atoms with E-state index in [0.29, 0.717) is 5.84 Å². The summed E-state index contributed by atoms with van der Waals surface area (Å²) in [5.41, 5.74) is 9.64. The minimum atomic E-state index is 0.325. The van der Waals surface area contributed by atoms with Crippen molar-refractivity contribution in [2.24, 2.45) is 16.7 Å². The van der Waals surface area contributed by atoms with Gasteiger partial charge in [0.1, 0.15) is 10.8 Å². The van der Waals surface area contributed by atoms with Gasteiger partial charge in [0.2, 0.25) is 0 Å². The predicted molar refractivity (Wildman–Crippen MR) is 87.9 cm³/mol. The van der Waals surface area contributed by atoms with Crippen molar-refractivity contribution in [1.82, 2.24) is 4.98 Å². The molecule has 2 aromatic carbocycles. The van der Waals surface area contributed by atoms with E-state index in [0.717, 1.165) is 27.4 Å². The molecule has 0 radical (unpaired) electrons. The highest BCUT2D eigenvalue weighted by atomic mass is 32.1. The fourth-order valence-corrected chi connectivity index (χ4v) is 2.84. The van der Waals surface area contributed by atoms with Crippen LogP contribution in [0.4, 0.5) is 0 Å². The van der Waals surface area contributed by atoms with Crippen molar-refractivity contribution in [2.45, 2.75) is 0 Å². The first-order chi connectivity index (χ1) is 10.3. The Kier molecular flexibility index (Phi) is 3.66. The molecule has 0 spiro atoms. The van der Waals surface area contributed by atoms with Crippen LogP contribution in [0.5, 0.6) is 0 Å². The Labute approximate surface area is 126 Å². The molecule has 0 fully saturated rings. The Bertz CT molecular complexity index is 760. The third-order valence-corrected chi connectivity index (χ3v) is 4.03. The van der Waals surface area contributed by atoms with Crippen LogP contribution >= 0.6 is 11.3 Å². The average Bonchev–Trinajstić information content (AvgIpc) is 3.05. The first-order valence-corrected chi connectivity index (χ1v) is 7.31. The van der Waals surface area contributed by atoms with Gasteiger partial charge in [0.15, 0.2) is 0 Å². The second kappa shape index (κ2) is 5.76. The maximum absolute atomic E-state index is 5.68. The van der Waals surface area contributed by atoms with Gasteiger partial charge in [0.05, 0.1) is 5.69 Å². The van der Waals surface area contributed by atoms with Crippen molar-refractivity contribution in [3.8, 4) is 21.8 Å². The normalized spacial score (nSPS) is 11.5. The number of nitrogens with zero attached hydrogens (tertiary/aromatic N) is 2. The molecule has 104 valence electrons. The molecule has 0 saturated heterocycles. The lowest BCUT2D eigenvalue weighted by molar-refractivity contribution is 1.23. The lowest BCUT2D eigenvalue weighted by Crippen LogP contribution is -2.15. The third kappa shape index (κ3) is 2.78. The van der Waals surface area contributed by atoms with E-state index in [1.54, 1.807) is 11.3 Å². The number of benzene rings is 2. The van der Waals surface area contributed by atoms with Gasteiger partial charge < -0.3 is 11.6 Å². The minimum absolute atomic E-state index is 0.325. The zero-order valence-corrected chi connectivity index (χ0v) is 12.0. The van der Waals surface area contributed by atoms with E-state index in [2.05, 4.69) is 27.6 Å². The van der Waals surface area contributed by atoms with Gasteiger partial charge in [-0.05, 0) is 0 Å². The van der Waals surface area contributed by atoms with Crippen molar-refractivity contribution in [1.29, 1.82) is 0 Å². The molecular formula is C16H14N4S. The van der Waals surface area contributed by atoms with E-state index in [4.69, 9.17) is 11.6 Å². The zero-order chi connectivity index (χ0) is 14.7. The Morgan fingerprint density at radius 1 is 0.952 bits per heavy atom. The summed E-state index contributed by atoms with van der Waals surface area (Å²) < 4.78 is 0. The van der Waals surface area contributed by atoms with Crippen LogP contribution in [0.3, 0.4) is 0 Å². The second-order valence-corrected chi connectivity index (χ2v) is 5.35. The van der Waals surface area contributed by atoms with Gasteiger partial charge in [0, 0.05) is 22.1 Å². The molecule has 0 aliphatic rings. The Morgan fingerprint density at radius 2 is 1.67 bits per heavy atom. The van der Waals surface area contributed by atoms with Gasteiger partial charge in [-0.15, -0.1) is 11.3 Å². The van der Waals surface area contributed by atoms with Gasteiger partial charge in [-0.1, -0.05) is 54.6 Å². The number of hydrogen-bond donors (Lipinski definition) is 2. The van der Waals surface area contributed by atoms with E-state index in [-0.39, 0.29) is 0 Å². The van der Waals surface area contributed by atoms with Crippen molar-refractivity contribution >= 4 is 17.2 Å². The average molecular weight is 294 g/mol. The van der Waals surface area contributed by atoms with Gasteiger partial charge in [-0.3, -0.25) is 0 Å². The molecular weight excluding hydrogens is 280 g/mol. The van der Waals surface area contributed by atoms with Crippen LogP contribution in [0.25, 0.3) is 21.8 Å². The molecule has 5 heteroatoms. The van der Waals surface area contributed by atoms with E-state index in [9.17, 15) is 0 Å². The summed E-state index contributed by atoms with van der Waals surface area (Å²) in [6.45, 7) is 0. The quantitative estimate of drug-likeness (QED) is 0.337. The van der Waals surface area contributed by atoms with Crippen LogP contribution in [0.15, 0.2) is 65.1 Å². The fourth-order valence-electron chi connectivity index (χ4n) is 2.01. The number of nitrogens with two attached hydrogens (primary N) is 2. The highest BCUT2D eigenvalue weighted by Gasteiger charge is 2.07. The molecule has 21 heavy (non-hydrogen) atoms. The summed E-state index contributed by atoms with van der Waals surface area (Å²) in [7, 11) is 0. The van der Waals surface area contributed by atoms with E-state index in [1.807, 2.05) is 42.5 Å². The summed E-state index contributed by atoms with van der Waals surface area (Å²) >= 11 is 1.62. The molecule has 1 aromatic heterocycles. The summed E-state index contributed by atoms with van der Waals surface area (Å²) in [6.07, 6.45) is 0. The van der Waals surface area contributed by atoms with Crippen LogP contribution < -0.4 is 11.6 Å². The van der Waals surface area contributed by atoms with Crippen LogP contribution in [-0.4, -0.2) is 10.8 Å². The lowest BCUT2D eigenvalue weighted by Gasteiger charge is -2.01. The van der Waals surface area contributed by atoms with Gasteiger partial charge in [0.25, 0.3) is 0 Å². The van der Waals surface area contributed by atoms with Crippen LogP contribution in [-0.2, 0) is 0 Å². The number of amidine groups is 1. The molecule has 0 amide bonds. The van der Waals surface area contributed by atoms with Crippen LogP contribution in [0.2, 0.25) is 0 Å². The fraction of sp³-hybridized carbons (Fsp3) is 0. The number of rotatable bonds is 3. The number of hydrogen-bond acceptors (Lipinski definition) is 4. The molecule has 3 aromatic rings. The largest absolute Gasteiger partial charge is 0.382 e. The van der Waals surface area contributed by atoms with Crippen LogP contribution in [0.1, 0.15) is 5.56 Å². The summed E-state index contributed by atoms with van der Waals surface area (Å²) in [4.78, 5) is 4.68. The number of aromatic nitrogens is 1. The molecule has 0 atom stereocenters. The molecule has 4 nitrogen and oxygen atoms in total. The first-order valence-electron chi connectivity index (χ1n) is 6.43. The SMILES string of the molecule is N/N=C(\N)c1ccc(-c2nc(-c3ccccc3)cs2)cc1. The molecule has 0 bridgehead atoms. The first kappa shape index (κ1) is 13.3. The molecule has 0 aliphatic heterocycles. The van der Waals surface area contributed by atoms with Crippen molar-refractivity contribution in [3.05, 3.63) is 65.5 Å². The van der Waals surface area contributed by atoms with Crippen molar-refractivity contribution < 1.29 is 0 Å². The molecule has 3 rings (SSSR count). The smallest absolute Gasteiger partial charge is 0.150 e. The zero-order valence-electron chi connectivity index (χ0n) is 11.2. The number of thiazole rings is 1. The van der Waals surface area contributed by atoms with Gasteiger partial charge in [-0.2, -0.15) is 5.10 Å². The third-order valence-electron chi connectivity index (χ3n) is 3.14. The lowest BCUT2D eigenvalue weighted by atomic mass is 10.1. The van der Waals surface area contributed by atoms with Crippen molar-refractivity contribution in [2.75, 3.05) is 0 Å². The molecule has 4 N–H and O–H groups in total. The molecule has 0 unspecified atom stereocenters. The highest BCUT2D eigenvalue weighted by molar-refractivity contribution is 7.13.